The minimum Gasteiger partial charge on any atom is -0.352 e. The largest absolute Gasteiger partial charge is 0.352 e. The Labute approximate surface area is 149 Å². The molecule has 7 nitrogen and oxygen atoms in total. The number of nitrogens with zero attached hydrogens (tertiary/aromatic N) is 3. The zero-order valence-corrected chi connectivity index (χ0v) is 15.5. The van der Waals surface area contributed by atoms with Gasteiger partial charge < -0.3 is 9.88 Å². The lowest BCUT2D eigenvalue weighted by molar-refractivity contribution is -0.122. The second-order valence-electron chi connectivity index (χ2n) is 7.10. The van der Waals surface area contributed by atoms with Crippen molar-refractivity contribution in [3.63, 3.8) is 0 Å². The molecule has 1 aromatic rings. The fraction of sp³-hybridized carbons (Fsp3) is 0.765. The number of carbonyl (C=O) groups is 1. The minimum atomic E-state index is -3.56. The van der Waals surface area contributed by atoms with Gasteiger partial charge in [0.15, 0.2) is 5.03 Å². The first-order chi connectivity index (χ1) is 12.1. The molecule has 1 amide bonds. The average molecular weight is 369 g/mol. The highest BCUT2D eigenvalue weighted by Gasteiger charge is 2.27. The lowest BCUT2D eigenvalue weighted by atomic mass is 9.95. The smallest absolute Gasteiger partial charge is 0.262 e. The van der Waals surface area contributed by atoms with Crippen molar-refractivity contribution in [2.24, 2.45) is 0 Å². The van der Waals surface area contributed by atoms with Crippen LogP contribution in [0.2, 0.25) is 0 Å². The Morgan fingerprint density at radius 1 is 1.08 bits per heavy atom. The number of imidazole rings is 1. The molecule has 140 valence electrons. The molecule has 1 aromatic heterocycles. The second-order valence-corrected chi connectivity index (χ2v) is 8.99. The van der Waals surface area contributed by atoms with Crippen molar-refractivity contribution in [3.8, 4) is 0 Å². The molecule has 2 heterocycles. The van der Waals surface area contributed by atoms with Crippen molar-refractivity contribution in [1.29, 1.82) is 0 Å². The van der Waals surface area contributed by atoms with Crippen LogP contribution in [0.15, 0.2) is 17.6 Å². The summed E-state index contributed by atoms with van der Waals surface area (Å²) in [5.74, 6) is -0.0805. The van der Waals surface area contributed by atoms with Crippen LogP contribution in [0, 0.1) is 0 Å². The number of amides is 1. The van der Waals surface area contributed by atoms with Gasteiger partial charge in [0.1, 0.15) is 6.54 Å². The maximum absolute atomic E-state index is 12.7. The van der Waals surface area contributed by atoms with Crippen molar-refractivity contribution in [3.05, 3.63) is 12.5 Å². The third-order valence-electron chi connectivity index (χ3n) is 5.08. The van der Waals surface area contributed by atoms with Crippen molar-refractivity contribution >= 4 is 15.9 Å². The van der Waals surface area contributed by atoms with E-state index in [-0.39, 0.29) is 23.5 Å². The normalized spacial score (nSPS) is 21.0. The van der Waals surface area contributed by atoms with Crippen LogP contribution in [0.25, 0.3) is 0 Å². The van der Waals surface area contributed by atoms with Gasteiger partial charge in [0.25, 0.3) is 10.0 Å². The molecular formula is C17H28N4O3S. The fourth-order valence-electron chi connectivity index (χ4n) is 3.66. The van der Waals surface area contributed by atoms with Gasteiger partial charge in [-0.25, -0.2) is 13.4 Å². The summed E-state index contributed by atoms with van der Waals surface area (Å²) in [4.78, 5) is 16.2. The Balaban J connectivity index is 1.60. The molecule has 1 saturated carbocycles. The van der Waals surface area contributed by atoms with Gasteiger partial charge in [0, 0.05) is 25.3 Å². The van der Waals surface area contributed by atoms with Gasteiger partial charge in [-0.3, -0.25) is 4.79 Å². The number of carbonyl (C=O) groups excluding carboxylic acids is 1. The molecule has 8 heteroatoms. The van der Waals surface area contributed by atoms with E-state index in [9.17, 15) is 13.2 Å². The summed E-state index contributed by atoms with van der Waals surface area (Å²) in [5.41, 5.74) is 0. The summed E-state index contributed by atoms with van der Waals surface area (Å²) < 4.78 is 28.5. The van der Waals surface area contributed by atoms with Gasteiger partial charge in [-0.05, 0) is 25.7 Å². The molecule has 1 N–H and O–H groups in total. The molecule has 25 heavy (non-hydrogen) atoms. The van der Waals surface area contributed by atoms with Crippen LogP contribution in [0.1, 0.15) is 57.8 Å². The lowest BCUT2D eigenvalue weighted by Gasteiger charge is -2.22. The summed E-state index contributed by atoms with van der Waals surface area (Å²) in [6.07, 6.45) is 12.5. The predicted octanol–water partition coefficient (Wildman–Crippen LogP) is 1.90. The van der Waals surface area contributed by atoms with Crippen LogP contribution in [-0.2, 0) is 21.4 Å². The number of rotatable bonds is 5. The zero-order chi connectivity index (χ0) is 17.7. The van der Waals surface area contributed by atoms with E-state index in [2.05, 4.69) is 10.3 Å². The van der Waals surface area contributed by atoms with Gasteiger partial charge in [-0.15, -0.1) is 0 Å². The van der Waals surface area contributed by atoms with Gasteiger partial charge in [0.05, 0.1) is 6.33 Å². The van der Waals surface area contributed by atoms with Crippen LogP contribution in [0.4, 0.5) is 0 Å². The Bertz CT molecular complexity index is 672. The number of nitrogens with one attached hydrogen (secondary N) is 1. The molecule has 0 spiro atoms. The maximum atomic E-state index is 12.7. The van der Waals surface area contributed by atoms with E-state index in [1.165, 1.54) is 23.3 Å². The second kappa shape index (κ2) is 8.31. The fourth-order valence-corrected chi connectivity index (χ4v) is 5.11. The molecule has 0 unspecified atom stereocenters. The minimum absolute atomic E-state index is 0.0415. The molecule has 0 atom stereocenters. The highest BCUT2D eigenvalue weighted by molar-refractivity contribution is 7.89. The van der Waals surface area contributed by atoms with Crippen LogP contribution in [-0.4, -0.2) is 47.3 Å². The number of aromatic nitrogens is 2. The molecule has 0 radical (unpaired) electrons. The monoisotopic (exact) mass is 368 g/mol. The van der Waals surface area contributed by atoms with Crippen LogP contribution in [0.3, 0.4) is 0 Å². The molecule has 1 aliphatic carbocycles. The van der Waals surface area contributed by atoms with Crippen molar-refractivity contribution < 1.29 is 13.2 Å². The van der Waals surface area contributed by atoms with Gasteiger partial charge in [-0.2, -0.15) is 4.31 Å². The van der Waals surface area contributed by atoms with Crippen LogP contribution < -0.4 is 5.32 Å². The van der Waals surface area contributed by atoms with E-state index in [0.717, 1.165) is 51.4 Å². The van der Waals surface area contributed by atoms with E-state index in [1.807, 2.05) is 0 Å². The molecule has 3 rings (SSSR count). The molecule has 0 aromatic carbocycles. The van der Waals surface area contributed by atoms with Gasteiger partial charge >= 0.3 is 0 Å². The number of hydrogen-bond acceptors (Lipinski definition) is 4. The van der Waals surface area contributed by atoms with Crippen LogP contribution in [0.5, 0.6) is 0 Å². The first-order valence-electron chi connectivity index (χ1n) is 9.37. The third-order valence-corrected chi connectivity index (χ3v) is 6.86. The van der Waals surface area contributed by atoms with Crippen molar-refractivity contribution in [1.82, 2.24) is 19.2 Å². The molecule has 1 saturated heterocycles. The third kappa shape index (κ3) is 4.82. The highest BCUT2D eigenvalue weighted by atomic mass is 32.2. The van der Waals surface area contributed by atoms with Crippen LogP contribution >= 0.6 is 0 Å². The van der Waals surface area contributed by atoms with E-state index < -0.39 is 10.0 Å². The zero-order valence-electron chi connectivity index (χ0n) is 14.7. The number of hydrogen-bond donors (Lipinski definition) is 1. The Hall–Kier alpha value is -1.41. The van der Waals surface area contributed by atoms with Crippen molar-refractivity contribution in [2.75, 3.05) is 13.1 Å². The maximum Gasteiger partial charge on any atom is 0.262 e. The summed E-state index contributed by atoms with van der Waals surface area (Å²) in [6.45, 7) is 1.22. The first-order valence-corrected chi connectivity index (χ1v) is 10.8. The average Bonchev–Trinajstić information content (AvgIpc) is 2.89. The standard InChI is InChI=1S/C17H28N4O3S/c22-16(19-15-8-4-3-5-9-15)12-20-13-17(18-14-20)25(23,24)21-10-6-1-2-7-11-21/h13-15H,1-12H2,(H,19,22). The lowest BCUT2D eigenvalue weighted by Crippen LogP contribution is -2.38. The quantitative estimate of drug-likeness (QED) is 0.860. The van der Waals surface area contributed by atoms with E-state index in [1.54, 1.807) is 4.57 Å². The topological polar surface area (TPSA) is 84.3 Å². The summed E-state index contributed by atoms with van der Waals surface area (Å²) in [7, 11) is -3.56. The predicted molar refractivity (Wildman–Crippen MR) is 94.5 cm³/mol. The molecule has 2 aliphatic rings. The molecule has 0 bridgehead atoms. The Morgan fingerprint density at radius 3 is 2.40 bits per heavy atom. The first kappa shape index (κ1) is 18.4. The number of sulfonamides is 1. The summed E-state index contributed by atoms with van der Waals surface area (Å²) >= 11 is 0. The molecule has 2 fully saturated rings. The molecular weight excluding hydrogens is 340 g/mol. The Morgan fingerprint density at radius 2 is 1.72 bits per heavy atom. The SMILES string of the molecule is O=C(Cn1cnc(S(=O)(=O)N2CCCCCC2)c1)NC1CCCCC1. The van der Waals surface area contributed by atoms with Gasteiger partial charge in [-0.1, -0.05) is 32.1 Å². The van der Waals surface area contributed by atoms with Gasteiger partial charge in [0.2, 0.25) is 5.91 Å². The van der Waals surface area contributed by atoms with E-state index >= 15 is 0 Å². The highest BCUT2D eigenvalue weighted by Crippen LogP contribution is 2.19. The van der Waals surface area contributed by atoms with E-state index in [4.69, 9.17) is 0 Å². The Kier molecular flexibility index (Phi) is 6.11. The van der Waals surface area contributed by atoms with E-state index in [0.29, 0.717) is 13.1 Å². The summed E-state index contributed by atoms with van der Waals surface area (Å²) in [6, 6.07) is 0.255. The summed E-state index contributed by atoms with van der Waals surface area (Å²) in [5, 5.41) is 3.08. The van der Waals surface area contributed by atoms with Crippen molar-refractivity contribution in [2.45, 2.75) is 75.4 Å². The molecule has 1 aliphatic heterocycles.